The molecule has 0 radical (unpaired) electrons. The van der Waals surface area contributed by atoms with Crippen molar-refractivity contribution in [2.24, 2.45) is 0 Å². The van der Waals surface area contributed by atoms with Crippen LogP contribution < -0.4 is 0 Å². The van der Waals surface area contributed by atoms with Crippen LogP contribution in [0.4, 0.5) is 5.69 Å². The number of thioether (sulfide) groups is 1. The zero-order chi connectivity index (χ0) is 16.2. The summed E-state index contributed by atoms with van der Waals surface area (Å²) in [4.78, 5) is 22.5. The molecule has 0 saturated carbocycles. The Kier molecular flexibility index (Phi) is 5.74. The molecule has 1 atom stereocenters. The second-order valence-corrected chi connectivity index (χ2v) is 6.55. The zero-order valence-electron chi connectivity index (χ0n) is 12.5. The van der Waals surface area contributed by atoms with Crippen molar-refractivity contribution < 1.29 is 19.6 Å². The van der Waals surface area contributed by atoms with E-state index < -0.39 is 22.6 Å². The molecule has 0 aromatic heterocycles. The van der Waals surface area contributed by atoms with E-state index in [9.17, 15) is 20.0 Å². The second kappa shape index (κ2) is 6.91. The molecule has 0 saturated heterocycles. The molecule has 0 bridgehead atoms. The predicted octanol–water partition coefficient (Wildman–Crippen LogP) is 3.08. The Hall–Kier alpha value is -1.60. The second-order valence-electron chi connectivity index (χ2n) is 5.54. The van der Waals surface area contributed by atoms with Crippen LogP contribution in [0.1, 0.15) is 39.4 Å². The first kappa shape index (κ1) is 17.5. The van der Waals surface area contributed by atoms with E-state index in [2.05, 4.69) is 0 Å². The Bertz CT molecular complexity index is 537. The number of nitrogens with zero attached hydrogens (tertiary/aromatic N) is 1. The van der Waals surface area contributed by atoms with Crippen LogP contribution in [0, 0.1) is 10.1 Å². The van der Waals surface area contributed by atoms with Crippen molar-refractivity contribution in [2.75, 3.05) is 5.75 Å². The Morgan fingerprint density at radius 3 is 2.57 bits per heavy atom. The van der Waals surface area contributed by atoms with E-state index in [1.807, 2.05) is 0 Å². The highest BCUT2D eigenvalue weighted by atomic mass is 32.2. The maximum atomic E-state index is 11.6. The summed E-state index contributed by atoms with van der Waals surface area (Å²) in [5.41, 5.74) is -0.245. The lowest BCUT2D eigenvalue weighted by molar-refractivity contribution is -0.387. The Labute approximate surface area is 127 Å². The van der Waals surface area contributed by atoms with Gasteiger partial charge in [0.1, 0.15) is 5.60 Å². The number of aliphatic hydroxyl groups excluding tert-OH is 1. The highest BCUT2D eigenvalue weighted by molar-refractivity contribution is 8.00. The van der Waals surface area contributed by atoms with Gasteiger partial charge < -0.3 is 9.84 Å². The summed E-state index contributed by atoms with van der Waals surface area (Å²) < 4.78 is 5.15. The molecule has 7 heteroatoms. The smallest absolute Gasteiger partial charge is 0.316 e. The van der Waals surface area contributed by atoms with Crippen LogP contribution in [0.25, 0.3) is 0 Å². The summed E-state index contributed by atoms with van der Waals surface area (Å²) in [7, 11) is 0. The molecule has 0 aliphatic rings. The third-order valence-corrected chi connectivity index (χ3v) is 3.46. The number of nitro groups is 1. The lowest BCUT2D eigenvalue weighted by Gasteiger charge is -2.19. The van der Waals surface area contributed by atoms with Crippen LogP contribution in [-0.2, 0) is 9.53 Å². The summed E-state index contributed by atoms with van der Waals surface area (Å²) in [5, 5.41) is 20.5. The summed E-state index contributed by atoms with van der Waals surface area (Å²) >= 11 is 1.05. The topological polar surface area (TPSA) is 89.7 Å². The van der Waals surface area contributed by atoms with E-state index in [-0.39, 0.29) is 11.4 Å². The van der Waals surface area contributed by atoms with Crippen molar-refractivity contribution in [1.82, 2.24) is 0 Å². The van der Waals surface area contributed by atoms with Crippen LogP contribution in [-0.4, -0.2) is 27.4 Å². The molecule has 0 aliphatic carbocycles. The SMILES string of the molecule is CC(O)c1ccc(SCC(=O)OC(C)(C)C)c([N+](=O)[O-])c1. The number of esters is 1. The molecule has 116 valence electrons. The lowest BCUT2D eigenvalue weighted by Crippen LogP contribution is -2.24. The minimum Gasteiger partial charge on any atom is -0.459 e. The maximum absolute atomic E-state index is 11.6. The van der Waals surface area contributed by atoms with E-state index >= 15 is 0 Å². The van der Waals surface area contributed by atoms with Crippen LogP contribution in [0.2, 0.25) is 0 Å². The average molecular weight is 313 g/mol. The summed E-state index contributed by atoms with van der Waals surface area (Å²) in [6.45, 7) is 6.81. The van der Waals surface area contributed by atoms with Gasteiger partial charge in [-0.15, -0.1) is 11.8 Å². The maximum Gasteiger partial charge on any atom is 0.316 e. The fraction of sp³-hybridized carbons (Fsp3) is 0.500. The number of hydrogen-bond donors (Lipinski definition) is 1. The molecular formula is C14H19NO5S. The Morgan fingerprint density at radius 1 is 1.48 bits per heavy atom. The molecular weight excluding hydrogens is 294 g/mol. The van der Waals surface area contributed by atoms with Gasteiger partial charge in [-0.1, -0.05) is 6.07 Å². The van der Waals surface area contributed by atoms with Crippen LogP contribution in [0.3, 0.4) is 0 Å². The molecule has 0 heterocycles. The molecule has 0 amide bonds. The number of ether oxygens (including phenoxy) is 1. The number of benzene rings is 1. The van der Waals surface area contributed by atoms with Gasteiger partial charge in [0.05, 0.1) is 21.7 Å². The third kappa shape index (κ3) is 5.73. The molecule has 6 nitrogen and oxygen atoms in total. The fourth-order valence-corrected chi connectivity index (χ4v) is 2.34. The summed E-state index contributed by atoms with van der Waals surface area (Å²) in [5.74, 6) is -0.437. The van der Waals surface area contributed by atoms with E-state index in [1.54, 1.807) is 26.8 Å². The third-order valence-electron chi connectivity index (χ3n) is 2.43. The highest BCUT2D eigenvalue weighted by Crippen LogP contribution is 2.32. The largest absolute Gasteiger partial charge is 0.459 e. The number of carbonyl (C=O) groups is 1. The first-order chi connectivity index (χ1) is 9.60. The first-order valence-electron chi connectivity index (χ1n) is 6.41. The normalized spacial score (nSPS) is 12.8. The van der Waals surface area contributed by atoms with Crippen molar-refractivity contribution in [3.05, 3.63) is 33.9 Å². The molecule has 1 unspecified atom stereocenters. The molecule has 1 rings (SSSR count). The number of carbonyl (C=O) groups excluding carboxylic acids is 1. The standard InChI is InChI=1S/C14H19NO5S/c1-9(16)10-5-6-12(11(7-10)15(18)19)21-8-13(17)20-14(2,3)4/h5-7,9,16H,8H2,1-4H3. The van der Waals surface area contributed by atoms with Crippen LogP contribution in [0.5, 0.6) is 0 Å². The molecule has 1 aromatic carbocycles. The quantitative estimate of drug-likeness (QED) is 0.389. The van der Waals surface area contributed by atoms with Gasteiger partial charge in [0.15, 0.2) is 0 Å². The minimum absolute atomic E-state index is 0.00780. The van der Waals surface area contributed by atoms with E-state index in [0.29, 0.717) is 10.5 Å². The Balaban J connectivity index is 2.84. The lowest BCUT2D eigenvalue weighted by atomic mass is 10.1. The molecule has 21 heavy (non-hydrogen) atoms. The van der Waals surface area contributed by atoms with Crippen molar-refractivity contribution >= 4 is 23.4 Å². The Morgan fingerprint density at radius 2 is 2.10 bits per heavy atom. The summed E-state index contributed by atoms with van der Waals surface area (Å²) in [6.07, 6.45) is -0.784. The fourth-order valence-electron chi connectivity index (χ4n) is 1.57. The van der Waals surface area contributed by atoms with E-state index in [4.69, 9.17) is 4.74 Å². The van der Waals surface area contributed by atoms with Gasteiger partial charge in [-0.25, -0.2) is 0 Å². The van der Waals surface area contributed by atoms with Gasteiger partial charge in [-0.05, 0) is 39.3 Å². The van der Waals surface area contributed by atoms with Crippen LogP contribution >= 0.6 is 11.8 Å². The van der Waals surface area contributed by atoms with Gasteiger partial charge in [-0.2, -0.15) is 0 Å². The van der Waals surface area contributed by atoms with Crippen molar-refractivity contribution in [3.63, 3.8) is 0 Å². The van der Waals surface area contributed by atoms with E-state index in [1.165, 1.54) is 19.1 Å². The van der Waals surface area contributed by atoms with E-state index in [0.717, 1.165) is 11.8 Å². The molecule has 0 fully saturated rings. The van der Waals surface area contributed by atoms with Gasteiger partial charge in [0.25, 0.3) is 5.69 Å². The average Bonchev–Trinajstić information content (AvgIpc) is 2.33. The number of nitro benzene ring substituents is 1. The minimum atomic E-state index is -0.784. The summed E-state index contributed by atoms with van der Waals surface area (Å²) in [6, 6.07) is 4.46. The molecule has 0 spiro atoms. The van der Waals surface area contributed by atoms with Crippen molar-refractivity contribution in [1.29, 1.82) is 0 Å². The number of hydrogen-bond acceptors (Lipinski definition) is 6. The first-order valence-corrected chi connectivity index (χ1v) is 7.40. The van der Waals surface area contributed by atoms with Gasteiger partial charge >= 0.3 is 5.97 Å². The molecule has 1 aromatic rings. The van der Waals surface area contributed by atoms with Crippen molar-refractivity contribution in [2.45, 2.75) is 44.3 Å². The number of aliphatic hydroxyl groups is 1. The van der Waals surface area contributed by atoms with Gasteiger partial charge in [0, 0.05) is 6.07 Å². The molecule has 0 aliphatic heterocycles. The monoisotopic (exact) mass is 313 g/mol. The predicted molar refractivity (Wildman–Crippen MR) is 80.3 cm³/mol. The van der Waals surface area contributed by atoms with Crippen LogP contribution in [0.15, 0.2) is 23.1 Å². The number of rotatable bonds is 5. The highest BCUT2D eigenvalue weighted by Gasteiger charge is 2.20. The van der Waals surface area contributed by atoms with Crippen molar-refractivity contribution in [3.8, 4) is 0 Å². The molecule has 1 N–H and O–H groups in total. The van der Waals surface area contributed by atoms with Gasteiger partial charge in [0.2, 0.25) is 0 Å². The zero-order valence-corrected chi connectivity index (χ0v) is 13.3. The van der Waals surface area contributed by atoms with Gasteiger partial charge in [-0.3, -0.25) is 14.9 Å².